The minimum atomic E-state index is -0.555. The lowest BCUT2D eigenvalue weighted by molar-refractivity contribution is -0.383. The summed E-state index contributed by atoms with van der Waals surface area (Å²) in [4.78, 5) is 21.6. The van der Waals surface area contributed by atoms with Crippen LogP contribution in [0, 0.1) is 10.1 Å². The van der Waals surface area contributed by atoms with E-state index in [1.165, 1.54) is 12.1 Å². The second-order valence-electron chi connectivity index (χ2n) is 3.71. The van der Waals surface area contributed by atoms with E-state index in [1.807, 2.05) is 6.92 Å². The largest absolute Gasteiger partial charge is 0.393 e. The summed E-state index contributed by atoms with van der Waals surface area (Å²) >= 11 is 0. The first-order valence-corrected chi connectivity index (χ1v) is 4.93. The van der Waals surface area contributed by atoms with Crippen LogP contribution in [0.2, 0.25) is 0 Å². The third-order valence-corrected chi connectivity index (χ3v) is 2.75. The molecule has 1 amide bonds. The monoisotopic (exact) mass is 221 g/mol. The quantitative estimate of drug-likeness (QED) is 0.450. The third kappa shape index (κ3) is 1.39. The number of nitrogens with one attached hydrogen (secondary N) is 1. The van der Waals surface area contributed by atoms with Crippen molar-refractivity contribution in [2.45, 2.75) is 19.3 Å². The molecule has 0 aromatic heterocycles. The number of anilines is 2. The number of fused-ring (bicyclic) bond motifs is 1. The molecule has 1 aromatic rings. The zero-order chi connectivity index (χ0) is 11.9. The Morgan fingerprint density at radius 3 is 2.81 bits per heavy atom. The van der Waals surface area contributed by atoms with E-state index < -0.39 is 4.92 Å². The number of benzene rings is 1. The van der Waals surface area contributed by atoms with Crippen molar-refractivity contribution in [2.75, 3.05) is 11.1 Å². The summed E-state index contributed by atoms with van der Waals surface area (Å²) in [6.45, 7) is 1.89. The highest BCUT2D eigenvalue weighted by Crippen LogP contribution is 2.39. The molecule has 1 aliphatic heterocycles. The van der Waals surface area contributed by atoms with E-state index in [9.17, 15) is 14.9 Å². The van der Waals surface area contributed by atoms with Crippen LogP contribution in [-0.4, -0.2) is 10.8 Å². The van der Waals surface area contributed by atoms with E-state index in [-0.39, 0.29) is 23.2 Å². The van der Waals surface area contributed by atoms with Crippen LogP contribution in [0.1, 0.15) is 24.8 Å². The normalized spacial score (nSPS) is 18.1. The first kappa shape index (κ1) is 10.4. The summed E-state index contributed by atoms with van der Waals surface area (Å²) in [7, 11) is 0. The Labute approximate surface area is 91.6 Å². The van der Waals surface area contributed by atoms with Gasteiger partial charge in [-0.3, -0.25) is 14.9 Å². The SMILES string of the molecule is CCC1C(=O)Nc2cc([N+](=O)[O-])c(N)cc21. The smallest absolute Gasteiger partial charge is 0.294 e. The Morgan fingerprint density at radius 2 is 2.25 bits per heavy atom. The summed E-state index contributed by atoms with van der Waals surface area (Å²) in [6, 6.07) is 2.83. The number of nitrogen functional groups attached to an aromatic ring is 1. The van der Waals surface area contributed by atoms with E-state index in [4.69, 9.17) is 5.73 Å². The number of carbonyl (C=O) groups is 1. The number of nitrogens with two attached hydrogens (primary N) is 1. The van der Waals surface area contributed by atoms with Gasteiger partial charge in [-0.05, 0) is 18.1 Å². The van der Waals surface area contributed by atoms with E-state index in [2.05, 4.69) is 5.32 Å². The molecule has 0 fully saturated rings. The van der Waals surface area contributed by atoms with Crippen molar-refractivity contribution >= 4 is 23.0 Å². The maximum absolute atomic E-state index is 11.5. The molecule has 0 saturated carbocycles. The van der Waals surface area contributed by atoms with Crippen molar-refractivity contribution in [3.8, 4) is 0 Å². The molecule has 0 bridgehead atoms. The number of nitro groups is 1. The molecule has 0 radical (unpaired) electrons. The number of hydrogen-bond donors (Lipinski definition) is 2. The lowest BCUT2D eigenvalue weighted by Gasteiger charge is -2.05. The summed E-state index contributed by atoms with van der Waals surface area (Å²) in [5, 5.41) is 13.3. The van der Waals surface area contributed by atoms with Gasteiger partial charge in [-0.2, -0.15) is 0 Å². The molecule has 6 nitrogen and oxygen atoms in total. The molecular formula is C10H11N3O3. The molecule has 1 aliphatic rings. The molecule has 3 N–H and O–H groups in total. The topological polar surface area (TPSA) is 98.3 Å². The predicted molar refractivity (Wildman–Crippen MR) is 59.2 cm³/mol. The van der Waals surface area contributed by atoms with Gasteiger partial charge in [0.05, 0.1) is 16.5 Å². The summed E-state index contributed by atoms with van der Waals surface area (Å²) in [5.74, 6) is -0.379. The second kappa shape index (κ2) is 3.48. The number of nitro benzene ring substituents is 1. The molecule has 0 aliphatic carbocycles. The van der Waals surface area contributed by atoms with Gasteiger partial charge in [0.25, 0.3) is 5.69 Å². The molecule has 0 saturated heterocycles. The Bertz CT molecular complexity index is 484. The number of hydrogen-bond acceptors (Lipinski definition) is 4. The molecular weight excluding hydrogens is 210 g/mol. The Kier molecular flexibility index (Phi) is 2.26. The fraction of sp³-hybridized carbons (Fsp3) is 0.300. The zero-order valence-corrected chi connectivity index (χ0v) is 8.69. The van der Waals surface area contributed by atoms with Crippen LogP contribution in [0.15, 0.2) is 12.1 Å². The molecule has 2 rings (SSSR count). The Balaban J connectivity index is 2.55. The van der Waals surface area contributed by atoms with Crippen molar-refractivity contribution in [3.05, 3.63) is 27.8 Å². The minimum Gasteiger partial charge on any atom is -0.393 e. The number of amides is 1. The fourth-order valence-electron chi connectivity index (χ4n) is 1.94. The van der Waals surface area contributed by atoms with Crippen molar-refractivity contribution in [3.63, 3.8) is 0 Å². The van der Waals surface area contributed by atoms with Gasteiger partial charge in [0.15, 0.2) is 0 Å². The number of rotatable bonds is 2. The molecule has 6 heteroatoms. The van der Waals surface area contributed by atoms with Gasteiger partial charge < -0.3 is 11.1 Å². The van der Waals surface area contributed by atoms with Gasteiger partial charge in [0.1, 0.15) is 5.69 Å². The third-order valence-electron chi connectivity index (χ3n) is 2.75. The van der Waals surface area contributed by atoms with Crippen LogP contribution in [0.3, 0.4) is 0 Å². The van der Waals surface area contributed by atoms with Crippen LogP contribution in [0.4, 0.5) is 17.1 Å². The molecule has 84 valence electrons. The maximum atomic E-state index is 11.5. The summed E-state index contributed by atoms with van der Waals surface area (Å²) in [5.41, 5.74) is 6.75. The van der Waals surface area contributed by atoms with E-state index >= 15 is 0 Å². The van der Waals surface area contributed by atoms with Crippen molar-refractivity contribution in [2.24, 2.45) is 0 Å². The van der Waals surface area contributed by atoms with E-state index in [0.29, 0.717) is 12.1 Å². The fourth-order valence-corrected chi connectivity index (χ4v) is 1.94. The lowest BCUT2D eigenvalue weighted by atomic mass is 9.97. The minimum absolute atomic E-state index is 0.0960. The molecule has 1 heterocycles. The zero-order valence-electron chi connectivity index (χ0n) is 8.69. The maximum Gasteiger partial charge on any atom is 0.294 e. The van der Waals surface area contributed by atoms with Crippen LogP contribution in [0.5, 0.6) is 0 Å². The first-order valence-electron chi connectivity index (χ1n) is 4.93. The molecule has 1 atom stereocenters. The highest BCUT2D eigenvalue weighted by atomic mass is 16.6. The molecule has 16 heavy (non-hydrogen) atoms. The highest BCUT2D eigenvalue weighted by molar-refractivity contribution is 6.03. The van der Waals surface area contributed by atoms with Gasteiger partial charge in [-0.25, -0.2) is 0 Å². The van der Waals surface area contributed by atoms with Crippen LogP contribution in [-0.2, 0) is 4.79 Å². The molecule has 1 aromatic carbocycles. The average molecular weight is 221 g/mol. The van der Waals surface area contributed by atoms with Crippen LogP contribution >= 0.6 is 0 Å². The van der Waals surface area contributed by atoms with Crippen molar-refractivity contribution < 1.29 is 9.72 Å². The van der Waals surface area contributed by atoms with Gasteiger partial charge in [0.2, 0.25) is 5.91 Å². The standard InChI is InChI=1S/C10H11N3O3/c1-2-5-6-3-7(11)9(13(15)16)4-8(6)12-10(5)14/h3-5H,2,11H2,1H3,(H,12,14). The van der Waals surface area contributed by atoms with Crippen molar-refractivity contribution in [1.82, 2.24) is 0 Å². The number of nitrogens with zero attached hydrogens (tertiary/aromatic N) is 1. The predicted octanol–water partition coefficient (Wildman–Crippen LogP) is 1.62. The Hall–Kier alpha value is -2.11. The second-order valence-corrected chi connectivity index (χ2v) is 3.71. The lowest BCUT2D eigenvalue weighted by Crippen LogP contribution is -2.10. The van der Waals surface area contributed by atoms with Gasteiger partial charge >= 0.3 is 0 Å². The average Bonchev–Trinajstić information content (AvgIpc) is 2.51. The van der Waals surface area contributed by atoms with Gasteiger partial charge in [-0.1, -0.05) is 6.92 Å². The molecule has 0 spiro atoms. The van der Waals surface area contributed by atoms with E-state index in [1.54, 1.807) is 0 Å². The van der Waals surface area contributed by atoms with Crippen LogP contribution < -0.4 is 11.1 Å². The van der Waals surface area contributed by atoms with E-state index in [0.717, 1.165) is 5.56 Å². The summed E-state index contributed by atoms with van der Waals surface area (Å²) in [6.07, 6.45) is 0.649. The molecule has 1 unspecified atom stereocenters. The van der Waals surface area contributed by atoms with Crippen molar-refractivity contribution in [1.29, 1.82) is 0 Å². The van der Waals surface area contributed by atoms with Crippen LogP contribution in [0.25, 0.3) is 0 Å². The van der Waals surface area contributed by atoms with Gasteiger partial charge in [-0.15, -0.1) is 0 Å². The Morgan fingerprint density at radius 1 is 1.56 bits per heavy atom. The highest BCUT2D eigenvalue weighted by Gasteiger charge is 2.31. The number of carbonyl (C=O) groups excluding carboxylic acids is 1. The first-order chi connectivity index (χ1) is 7.54. The van der Waals surface area contributed by atoms with Gasteiger partial charge in [0, 0.05) is 6.07 Å². The summed E-state index contributed by atoms with van der Waals surface area (Å²) < 4.78 is 0.